The molecule has 2 aromatic carbocycles. The molecule has 1 amide bonds. The van der Waals surface area contributed by atoms with Crippen LogP contribution >= 0.6 is 0 Å². The van der Waals surface area contributed by atoms with Crippen molar-refractivity contribution in [3.63, 3.8) is 0 Å². The van der Waals surface area contributed by atoms with E-state index < -0.39 is 0 Å². The smallest absolute Gasteiger partial charge is 0.258 e. The van der Waals surface area contributed by atoms with E-state index in [4.69, 9.17) is 9.47 Å². The van der Waals surface area contributed by atoms with Gasteiger partial charge in [-0.05, 0) is 49.7 Å². The van der Waals surface area contributed by atoms with Crippen LogP contribution in [0.15, 0.2) is 54.9 Å². The van der Waals surface area contributed by atoms with Crippen molar-refractivity contribution in [1.82, 2.24) is 9.97 Å². The molecule has 3 rings (SSSR count). The zero-order valence-corrected chi connectivity index (χ0v) is 16.7. The average molecular weight is 392 g/mol. The van der Waals surface area contributed by atoms with Gasteiger partial charge in [-0.15, -0.1) is 0 Å². The molecule has 2 N–H and O–H groups in total. The van der Waals surface area contributed by atoms with E-state index in [1.54, 1.807) is 7.11 Å². The Labute approximate surface area is 170 Å². The average Bonchev–Trinajstić information content (AvgIpc) is 2.74. The number of rotatable bonds is 8. The number of carbonyl (C=O) groups excluding carboxylic acids is 1. The molecule has 0 atom stereocenters. The van der Waals surface area contributed by atoms with Crippen molar-refractivity contribution in [2.24, 2.45) is 0 Å². The van der Waals surface area contributed by atoms with E-state index >= 15 is 0 Å². The molecule has 7 heteroatoms. The lowest BCUT2D eigenvalue weighted by atomic mass is 10.1. The highest BCUT2D eigenvalue weighted by Crippen LogP contribution is 2.18. The molecule has 0 aliphatic carbocycles. The van der Waals surface area contributed by atoms with Gasteiger partial charge >= 0.3 is 0 Å². The maximum Gasteiger partial charge on any atom is 0.258 e. The molecular formula is C22H24N4O3. The Balaban J connectivity index is 1.47. The van der Waals surface area contributed by atoms with Gasteiger partial charge in [0.1, 0.15) is 18.1 Å². The van der Waals surface area contributed by atoms with Gasteiger partial charge < -0.3 is 20.1 Å². The maximum absolute atomic E-state index is 12.4. The summed E-state index contributed by atoms with van der Waals surface area (Å²) >= 11 is 0. The fourth-order valence-corrected chi connectivity index (χ4v) is 2.69. The normalized spacial score (nSPS) is 10.3. The first kappa shape index (κ1) is 20.1. The summed E-state index contributed by atoms with van der Waals surface area (Å²) in [5.41, 5.74) is 3.33. The summed E-state index contributed by atoms with van der Waals surface area (Å²) in [7, 11) is 1.62. The maximum atomic E-state index is 12.4. The molecule has 1 aromatic heterocycles. The Bertz CT molecular complexity index is 957. The fraction of sp³-hybridized carbons (Fsp3) is 0.227. The number of ether oxygens (including phenoxy) is 2. The van der Waals surface area contributed by atoms with Crippen LogP contribution < -0.4 is 20.1 Å². The third-order valence-electron chi connectivity index (χ3n) is 4.26. The van der Waals surface area contributed by atoms with Crippen LogP contribution in [-0.4, -0.2) is 36.1 Å². The number of nitrogens with one attached hydrogen (secondary N) is 2. The Morgan fingerprint density at radius 2 is 1.69 bits per heavy atom. The molecule has 0 saturated carbocycles. The van der Waals surface area contributed by atoms with Gasteiger partial charge in [-0.2, -0.15) is 0 Å². The highest BCUT2D eigenvalue weighted by molar-refractivity contribution is 6.04. The topological polar surface area (TPSA) is 85.4 Å². The first-order valence-electron chi connectivity index (χ1n) is 9.26. The largest absolute Gasteiger partial charge is 0.497 e. The number of carbonyl (C=O) groups is 1. The van der Waals surface area contributed by atoms with Gasteiger partial charge in [-0.1, -0.05) is 17.7 Å². The molecular weight excluding hydrogens is 368 g/mol. The van der Waals surface area contributed by atoms with Crippen molar-refractivity contribution in [1.29, 1.82) is 0 Å². The van der Waals surface area contributed by atoms with Crippen LogP contribution in [0.4, 0.5) is 11.6 Å². The van der Waals surface area contributed by atoms with Crippen LogP contribution in [0, 0.1) is 13.8 Å². The number of hydrogen-bond donors (Lipinski definition) is 2. The summed E-state index contributed by atoms with van der Waals surface area (Å²) in [4.78, 5) is 20.8. The molecule has 0 aliphatic rings. The van der Waals surface area contributed by atoms with E-state index in [-0.39, 0.29) is 5.91 Å². The summed E-state index contributed by atoms with van der Waals surface area (Å²) in [6.45, 7) is 4.95. The molecule has 7 nitrogen and oxygen atoms in total. The zero-order chi connectivity index (χ0) is 20.6. The number of amides is 1. The van der Waals surface area contributed by atoms with Gasteiger partial charge in [0.15, 0.2) is 0 Å². The third-order valence-corrected chi connectivity index (χ3v) is 4.26. The molecule has 0 unspecified atom stereocenters. The first-order valence-corrected chi connectivity index (χ1v) is 9.26. The molecule has 29 heavy (non-hydrogen) atoms. The summed E-state index contributed by atoms with van der Waals surface area (Å²) in [5.74, 6) is 1.73. The molecule has 0 bridgehead atoms. The zero-order valence-electron chi connectivity index (χ0n) is 16.7. The molecule has 150 valence electrons. The van der Waals surface area contributed by atoms with Crippen LogP contribution in [0.5, 0.6) is 11.5 Å². The Kier molecular flexibility index (Phi) is 6.63. The summed E-state index contributed by atoms with van der Waals surface area (Å²) in [6.07, 6.45) is 3.00. The number of anilines is 2. The second-order valence-electron chi connectivity index (χ2n) is 6.52. The van der Waals surface area contributed by atoms with E-state index in [0.29, 0.717) is 24.7 Å². The molecule has 1 heterocycles. The molecule has 0 spiro atoms. The highest BCUT2D eigenvalue weighted by Gasteiger charge is 2.09. The van der Waals surface area contributed by atoms with Gasteiger partial charge in [-0.25, -0.2) is 9.97 Å². The lowest BCUT2D eigenvalue weighted by molar-refractivity contribution is 0.102. The minimum absolute atomic E-state index is 0.244. The van der Waals surface area contributed by atoms with Crippen molar-refractivity contribution >= 4 is 17.5 Å². The summed E-state index contributed by atoms with van der Waals surface area (Å²) < 4.78 is 10.7. The van der Waals surface area contributed by atoms with E-state index in [1.807, 2.05) is 56.3 Å². The molecule has 0 saturated heterocycles. The number of hydrogen-bond acceptors (Lipinski definition) is 6. The highest BCUT2D eigenvalue weighted by atomic mass is 16.5. The standard InChI is InChI=1S/C22H24N4O3/c1-15-4-9-20(16(2)12-15)26-21(27)17-13-24-22(25-14-17)23-10-11-29-19-7-5-18(28-3)6-8-19/h4-9,12-14H,10-11H2,1-3H3,(H,26,27)(H,23,24,25). The first-order chi connectivity index (χ1) is 14.0. The van der Waals surface area contributed by atoms with E-state index in [1.165, 1.54) is 12.4 Å². The fourth-order valence-electron chi connectivity index (χ4n) is 2.69. The summed E-state index contributed by atoms with van der Waals surface area (Å²) in [6, 6.07) is 13.2. The lowest BCUT2D eigenvalue weighted by Crippen LogP contribution is -2.16. The van der Waals surface area contributed by atoms with E-state index in [0.717, 1.165) is 28.3 Å². The number of methoxy groups -OCH3 is 1. The van der Waals surface area contributed by atoms with Crippen LogP contribution in [0.25, 0.3) is 0 Å². The predicted molar refractivity (Wildman–Crippen MR) is 113 cm³/mol. The quantitative estimate of drug-likeness (QED) is 0.567. The van der Waals surface area contributed by atoms with Crippen LogP contribution in [-0.2, 0) is 0 Å². The monoisotopic (exact) mass is 392 g/mol. The van der Waals surface area contributed by atoms with Crippen LogP contribution in [0.1, 0.15) is 21.5 Å². The number of benzene rings is 2. The number of aromatic nitrogens is 2. The van der Waals surface area contributed by atoms with Crippen molar-refractivity contribution < 1.29 is 14.3 Å². The molecule has 0 aliphatic heterocycles. The lowest BCUT2D eigenvalue weighted by Gasteiger charge is -2.10. The molecule has 3 aromatic rings. The van der Waals surface area contributed by atoms with Crippen LogP contribution in [0.2, 0.25) is 0 Å². The number of aryl methyl sites for hydroxylation is 2. The Morgan fingerprint density at radius 3 is 2.34 bits per heavy atom. The van der Waals surface area contributed by atoms with E-state index in [9.17, 15) is 4.79 Å². The van der Waals surface area contributed by atoms with Gasteiger partial charge in [0.05, 0.1) is 19.2 Å². The van der Waals surface area contributed by atoms with Gasteiger partial charge in [0.2, 0.25) is 5.95 Å². The SMILES string of the molecule is COc1ccc(OCCNc2ncc(C(=O)Nc3ccc(C)cc3C)cn2)cc1. The predicted octanol–water partition coefficient (Wildman–Crippen LogP) is 3.85. The summed E-state index contributed by atoms with van der Waals surface area (Å²) in [5, 5.41) is 5.95. The van der Waals surface area contributed by atoms with E-state index in [2.05, 4.69) is 20.6 Å². The van der Waals surface area contributed by atoms with Gasteiger partial charge in [0.25, 0.3) is 5.91 Å². The number of nitrogens with zero attached hydrogens (tertiary/aromatic N) is 2. The van der Waals surface area contributed by atoms with Crippen molar-refractivity contribution in [2.75, 3.05) is 30.9 Å². The molecule has 0 fully saturated rings. The molecule has 0 radical (unpaired) electrons. The minimum atomic E-state index is -0.244. The van der Waals surface area contributed by atoms with Crippen molar-refractivity contribution in [3.8, 4) is 11.5 Å². The van der Waals surface area contributed by atoms with Gasteiger partial charge in [0, 0.05) is 18.1 Å². The van der Waals surface area contributed by atoms with Crippen molar-refractivity contribution in [3.05, 3.63) is 71.5 Å². The van der Waals surface area contributed by atoms with Crippen LogP contribution in [0.3, 0.4) is 0 Å². The van der Waals surface area contributed by atoms with Crippen molar-refractivity contribution in [2.45, 2.75) is 13.8 Å². The Hall–Kier alpha value is -3.61. The minimum Gasteiger partial charge on any atom is -0.497 e. The van der Waals surface area contributed by atoms with Gasteiger partial charge in [-0.3, -0.25) is 4.79 Å². The second kappa shape index (κ2) is 9.54. The third kappa shape index (κ3) is 5.68. The Morgan fingerprint density at radius 1 is 1.00 bits per heavy atom. The second-order valence-corrected chi connectivity index (χ2v) is 6.52.